The lowest BCUT2D eigenvalue weighted by molar-refractivity contribution is -0.0543. The number of aromatic nitrogens is 2. The number of ether oxygens (including phenoxy) is 1. The van der Waals surface area contributed by atoms with Crippen molar-refractivity contribution in [2.45, 2.75) is 18.4 Å². The molecule has 1 fully saturated rings. The Labute approximate surface area is 88.5 Å². The molecular weight excluding hydrogens is 194 g/mol. The van der Waals surface area contributed by atoms with Gasteiger partial charge in [-0.1, -0.05) is 0 Å². The minimum Gasteiger partial charge on any atom is -0.388 e. The average molecular weight is 209 g/mol. The van der Waals surface area contributed by atoms with Gasteiger partial charge < -0.3 is 15.2 Å². The molecule has 2 rings (SSSR count). The number of hydrogen-bond donors (Lipinski definition) is 2. The second kappa shape index (κ2) is 4.55. The molecule has 5 nitrogen and oxygen atoms in total. The molecule has 0 amide bonds. The lowest BCUT2D eigenvalue weighted by atomic mass is 9.94. The molecule has 0 aromatic carbocycles. The zero-order valence-corrected chi connectivity index (χ0v) is 8.52. The molecule has 0 radical (unpaired) electrons. The highest BCUT2D eigenvalue weighted by Crippen LogP contribution is 2.20. The predicted octanol–water partition coefficient (Wildman–Crippen LogP) is 0.430. The summed E-state index contributed by atoms with van der Waals surface area (Å²) in [5, 5.41) is 13.2. The molecular formula is C10H15N3O2. The molecule has 1 saturated heterocycles. The van der Waals surface area contributed by atoms with Crippen LogP contribution in [0.1, 0.15) is 12.8 Å². The predicted molar refractivity (Wildman–Crippen MR) is 55.5 cm³/mol. The van der Waals surface area contributed by atoms with Crippen molar-refractivity contribution >= 4 is 5.82 Å². The summed E-state index contributed by atoms with van der Waals surface area (Å²) in [5.74, 6) is 0.692. The van der Waals surface area contributed by atoms with Crippen LogP contribution in [-0.4, -0.2) is 40.4 Å². The van der Waals surface area contributed by atoms with Crippen molar-refractivity contribution in [3.63, 3.8) is 0 Å². The van der Waals surface area contributed by atoms with Gasteiger partial charge in [-0.15, -0.1) is 0 Å². The highest BCUT2D eigenvalue weighted by Gasteiger charge is 2.29. The third kappa shape index (κ3) is 2.87. The summed E-state index contributed by atoms with van der Waals surface area (Å²) in [5.41, 5.74) is -0.671. The molecule has 0 spiro atoms. The Hall–Kier alpha value is -1.20. The van der Waals surface area contributed by atoms with Crippen LogP contribution < -0.4 is 5.32 Å². The van der Waals surface area contributed by atoms with Crippen molar-refractivity contribution < 1.29 is 9.84 Å². The van der Waals surface area contributed by atoms with Crippen molar-refractivity contribution in [2.24, 2.45) is 0 Å². The van der Waals surface area contributed by atoms with Crippen molar-refractivity contribution in [2.75, 3.05) is 25.1 Å². The standard InChI is InChI=1S/C10H15N3O2/c14-10(1-5-15-6-2-10)8-13-9-7-11-3-4-12-9/h3-4,7,14H,1-2,5-6,8H2,(H,12,13). The first-order valence-corrected chi connectivity index (χ1v) is 5.09. The zero-order valence-electron chi connectivity index (χ0n) is 8.52. The third-order valence-electron chi connectivity index (χ3n) is 2.59. The monoisotopic (exact) mass is 209 g/mol. The van der Waals surface area contributed by atoms with Gasteiger partial charge in [-0.05, 0) is 0 Å². The lowest BCUT2D eigenvalue weighted by Crippen LogP contribution is -2.42. The van der Waals surface area contributed by atoms with Crippen LogP contribution in [0.2, 0.25) is 0 Å². The largest absolute Gasteiger partial charge is 0.388 e. The highest BCUT2D eigenvalue weighted by molar-refractivity contribution is 5.30. The summed E-state index contributed by atoms with van der Waals surface area (Å²) in [6, 6.07) is 0. The van der Waals surface area contributed by atoms with Gasteiger partial charge in [-0.25, -0.2) is 4.98 Å². The number of hydrogen-bond acceptors (Lipinski definition) is 5. The van der Waals surface area contributed by atoms with Gasteiger partial charge in [0.1, 0.15) is 5.82 Å². The van der Waals surface area contributed by atoms with Crippen LogP contribution in [0.3, 0.4) is 0 Å². The summed E-state index contributed by atoms with van der Waals surface area (Å²) < 4.78 is 5.20. The van der Waals surface area contributed by atoms with E-state index in [4.69, 9.17) is 4.74 Å². The summed E-state index contributed by atoms with van der Waals surface area (Å²) >= 11 is 0. The SMILES string of the molecule is OC1(CNc2cnccn2)CCOCC1. The molecule has 0 atom stereocenters. The van der Waals surface area contributed by atoms with E-state index >= 15 is 0 Å². The topological polar surface area (TPSA) is 67.3 Å². The van der Waals surface area contributed by atoms with Crippen LogP contribution in [0.4, 0.5) is 5.82 Å². The Morgan fingerprint density at radius 1 is 1.40 bits per heavy atom. The first kappa shape index (κ1) is 10.3. The second-order valence-electron chi connectivity index (χ2n) is 3.78. The van der Waals surface area contributed by atoms with Crippen LogP contribution >= 0.6 is 0 Å². The normalized spacial score (nSPS) is 19.8. The van der Waals surface area contributed by atoms with Gasteiger partial charge >= 0.3 is 0 Å². The molecule has 0 unspecified atom stereocenters. The van der Waals surface area contributed by atoms with E-state index in [0.717, 1.165) is 0 Å². The van der Waals surface area contributed by atoms with Crippen molar-refractivity contribution in [1.82, 2.24) is 9.97 Å². The van der Waals surface area contributed by atoms with E-state index in [-0.39, 0.29) is 0 Å². The van der Waals surface area contributed by atoms with Crippen molar-refractivity contribution in [3.05, 3.63) is 18.6 Å². The second-order valence-corrected chi connectivity index (χ2v) is 3.78. The number of aliphatic hydroxyl groups is 1. The van der Waals surface area contributed by atoms with Crippen LogP contribution in [0, 0.1) is 0 Å². The van der Waals surface area contributed by atoms with E-state index in [1.54, 1.807) is 18.6 Å². The van der Waals surface area contributed by atoms with Crippen LogP contribution in [-0.2, 0) is 4.74 Å². The molecule has 5 heteroatoms. The fraction of sp³-hybridized carbons (Fsp3) is 0.600. The Balaban J connectivity index is 1.87. The van der Waals surface area contributed by atoms with E-state index in [9.17, 15) is 5.11 Å². The number of nitrogens with zero attached hydrogens (tertiary/aromatic N) is 2. The molecule has 0 bridgehead atoms. The summed E-state index contributed by atoms with van der Waals surface area (Å²) in [7, 11) is 0. The van der Waals surface area contributed by atoms with Crippen LogP contribution in [0.25, 0.3) is 0 Å². The zero-order chi connectivity index (χ0) is 10.6. The highest BCUT2D eigenvalue weighted by atomic mass is 16.5. The molecule has 2 N–H and O–H groups in total. The first-order valence-electron chi connectivity index (χ1n) is 5.09. The van der Waals surface area contributed by atoms with E-state index in [1.807, 2.05) is 0 Å². The van der Waals surface area contributed by atoms with Gasteiger partial charge in [0.2, 0.25) is 0 Å². The number of anilines is 1. The van der Waals surface area contributed by atoms with Crippen LogP contribution in [0.5, 0.6) is 0 Å². The maximum absolute atomic E-state index is 10.1. The van der Waals surface area contributed by atoms with E-state index < -0.39 is 5.60 Å². The Morgan fingerprint density at radius 3 is 2.87 bits per heavy atom. The maximum atomic E-state index is 10.1. The van der Waals surface area contributed by atoms with Gasteiger partial charge in [0.25, 0.3) is 0 Å². The molecule has 0 saturated carbocycles. The summed E-state index contributed by atoms with van der Waals surface area (Å²) in [4.78, 5) is 8.02. The van der Waals surface area contributed by atoms with Gasteiger partial charge in [-0.2, -0.15) is 0 Å². The molecule has 1 aromatic heterocycles. The Morgan fingerprint density at radius 2 is 2.20 bits per heavy atom. The summed E-state index contributed by atoms with van der Waals surface area (Å²) in [6.07, 6.45) is 6.22. The quantitative estimate of drug-likeness (QED) is 0.755. The Bertz CT molecular complexity index is 299. The van der Waals surface area contributed by atoms with E-state index in [1.165, 1.54) is 0 Å². The minimum absolute atomic E-state index is 0.495. The summed E-state index contributed by atoms with van der Waals surface area (Å²) in [6.45, 7) is 1.74. The van der Waals surface area contributed by atoms with E-state index in [0.29, 0.717) is 38.4 Å². The number of rotatable bonds is 3. The lowest BCUT2D eigenvalue weighted by Gasteiger charge is -2.32. The average Bonchev–Trinajstić information content (AvgIpc) is 2.29. The fourth-order valence-corrected chi connectivity index (χ4v) is 1.57. The fourth-order valence-electron chi connectivity index (χ4n) is 1.57. The number of nitrogens with one attached hydrogen (secondary N) is 1. The van der Waals surface area contributed by atoms with Gasteiger partial charge in [0, 0.05) is 45.0 Å². The smallest absolute Gasteiger partial charge is 0.144 e. The van der Waals surface area contributed by atoms with E-state index in [2.05, 4.69) is 15.3 Å². The van der Waals surface area contributed by atoms with Crippen molar-refractivity contribution in [1.29, 1.82) is 0 Å². The van der Waals surface area contributed by atoms with Gasteiger partial charge in [-0.3, -0.25) is 4.98 Å². The molecule has 0 aliphatic carbocycles. The minimum atomic E-state index is -0.671. The first-order chi connectivity index (χ1) is 7.29. The molecule has 2 heterocycles. The molecule has 82 valence electrons. The molecule has 15 heavy (non-hydrogen) atoms. The molecule has 1 aliphatic heterocycles. The van der Waals surface area contributed by atoms with Crippen LogP contribution in [0.15, 0.2) is 18.6 Å². The van der Waals surface area contributed by atoms with Gasteiger partial charge in [0.15, 0.2) is 0 Å². The maximum Gasteiger partial charge on any atom is 0.144 e. The van der Waals surface area contributed by atoms with Crippen molar-refractivity contribution in [3.8, 4) is 0 Å². The molecule has 1 aliphatic rings. The third-order valence-corrected chi connectivity index (χ3v) is 2.59. The molecule has 1 aromatic rings. The Kier molecular flexibility index (Phi) is 3.13. The van der Waals surface area contributed by atoms with Gasteiger partial charge in [0.05, 0.1) is 11.8 Å².